The minimum Gasteiger partial charge on any atom is -0.437 e. The molecule has 1 N–H and O–H groups in total. The van der Waals surface area contributed by atoms with E-state index in [9.17, 15) is 4.79 Å². The third-order valence-corrected chi connectivity index (χ3v) is 4.25. The van der Waals surface area contributed by atoms with E-state index in [-0.39, 0.29) is 5.56 Å². The Hall–Kier alpha value is -3.54. The number of H-pyrrole nitrogens is 1. The largest absolute Gasteiger partial charge is 0.437 e. The molecule has 0 spiro atoms. The van der Waals surface area contributed by atoms with Crippen molar-refractivity contribution < 1.29 is 4.74 Å². The Bertz CT molecular complexity index is 1160. The normalized spacial score (nSPS) is 10.3. The minimum absolute atomic E-state index is 0.183. The number of nitrogens with zero attached hydrogens (tertiary/aromatic N) is 3. The van der Waals surface area contributed by atoms with E-state index in [2.05, 4.69) is 34.0 Å². The molecule has 3 aromatic heterocycles. The number of aromatic nitrogens is 4. The second kappa shape index (κ2) is 9.10. The van der Waals surface area contributed by atoms with Gasteiger partial charge in [-0.3, -0.25) is 9.78 Å². The summed E-state index contributed by atoms with van der Waals surface area (Å²) in [7, 11) is 0. The lowest BCUT2D eigenvalue weighted by Gasteiger charge is -2.10. The third kappa shape index (κ3) is 4.48. The lowest BCUT2D eigenvalue weighted by molar-refractivity contribution is 0.468. The fourth-order valence-electron chi connectivity index (χ4n) is 2.94. The van der Waals surface area contributed by atoms with Gasteiger partial charge in [-0.25, -0.2) is 10.1 Å². The molecule has 0 saturated carbocycles. The molecule has 148 valence electrons. The fourth-order valence-corrected chi connectivity index (χ4v) is 2.94. The molecule has 0 aliphatic rings. The molecular formula is C23H24N4O2. The number of ether oxygens (including phenoxy) is 1. The summed E-state index contributed by atoms with van der Waals surface area (Å²) in [5, 5.41) is 7.51. The quantitative estimate of drug-likeness (QED) is 0.521. The van der Waals surface area contributed by atoms with Crippen molar-refractivity contribution in [3.8, 4) is 22.8 Å². The smallest absolute Gasteiger partial charge is 0.267 e. The Morgan fingerprint density at radius 3 is 2.41 bits per heavy atom. The van der Waals surface area contributed by atoms with E-state index in [1.54, 1.807) is 19.3 Å². The van der Waals surface area contributed by atoms with E-state index in [1.807, 2.05) is 49.4 Å². The lowest BCUT2D eigenvalue weighted by Crippen LogP contribution is -2.14. The predicted molar refractivity (Wildman–Crippen MR) is 115 cm³/mol. The number of hydrogen-bond donors (Lipinski definition) is 1. The molecule has 1 aromatic carbocycles. The highest BCUT2D eigenvalue weighted by molar-refractivity contribution is 5.82. The zero-order valence-corrected chi connectivity index (χ0v) is 17.1. The molecule has 0 amide bonds. The molecule has 4 rings (SSSR count). The van der Waals surface area contributed by atoms with Crippen molar-refractivity contribution in [2.45, 2.75) is 34.1 Å². The minimum atomic E-state index is -0.183. The van der Waals surface area contributed by atoms with Crippen LogP contribution in [0.4, 0.5) is 0 Å². The van der Waals surface area contributed by atoms with Gasteiger partial charge in [-0.15, -0.1) is 0 Å². The average Bonchev–Trinajstić information content (AvgIpc) is 2.73. The molecule has 0 atom stereocenters. The highest BCUT2D eigenvalue weighted by Crippen LogP contribution is 2.29. The second-order valence-electron chi connectivity index (χ2n) is 6.66. The van der Waals surface area contributed by atoms with Crippen LogP contribution in [-0.2, 0) is 0 Å². The van der Waals surface area contributed by atoms with Crippen molar-refractivity contribution in [2.24, 2.45) is 0 Å². The standard InChI is InChI=1S/C20H16N4O2.C3H8/c1-12-17(13(2)23-24-19(12)25)14-5-7-16(8-6-14)26-20-18-15(9-11-22-20)4-3-10-21-18;1-3-2/h3-11H,1-2H3,(H,24,25);3H2,1-2H3. The number of pyridine rings is 2. The fraction of sp³-hybridized carbons (Fsp3) is 0.217. The third-order valence-electron chi connectivity index (χ3n) is 4.25. The number of nitrogens with one attached hydrogen (secondary N) is 1. The van der Waals surface area contributed by atoms with E-state index in [4.69, 9.17) is 4.74 Å². The zero-order valence-electron chi connectivity index (χ0n) is 17.1. The van der Waals surface area contributed by atoms with Crippen LogP contribution in [0.25, 0.3) is 22.0 Å². The Morgan fingerprint density at radius 2 is 1.69 bits per heavy atom. The molecule has 6 heteroatoms. The van der Waals surface area contributed by atoms with E-state index >= 15 is 0 Å². The zero-order chi connectivity index (χ0) is 20.8. The van der Waals surface area contributed by atoms with Crippen molar-refractivity contribution in [2.75, 3.05) is 0 Å². The van der Waals surface area contributed by atoms with Crippen LogP contribution in [0.15, 0.2) is 59.7 Å². The van der Waals surface area contributed by atoms with Gasteiger partial charge < -0.3 is 4.74 Å². The number of fused-ring (bicyclic) bond motifs is 1. The van der Waals surface area contributed by atoms with Crippen molar-refractivity contribution in [1.82, 2.24) is 20.2 Å². The first-order valence-electron chi connectivity index (χ1n) is 9.59. The molecule has 0 aliphatic heterocycles. The molecule has 6 nitrogen and oxygen atoms in total. The molecule has 0 fully saturated rings. The van der Waals surface area contributed by atoms with Crippen molar-refractivity contribution >= 4 is 10.9 Å². The first kappa shape index (κ1) is 20.2. The van der Waals surface area contributed by atoms with Crippen LogP contribution in [0.1, 0.15) is 31.5 Å². The lowest BCUT2D eigenvalue weighted by atomic mass is 10.0. The molecule has 0 bridgehead atoms. The highest BCUT2D eigenvalue weighted by Gasteiger charge is 2.11. The average molecular weight is 388 g/mol. The van der Waals surface area contributed by atoms with Gasteiger partial charge in [-0.05, 0) is 43.7 Å². The molecule has 0 saturated heterocycles. The monoisotopic (exact) mass is 388 g/mol. The van der Waals surface area contributed by atoms with Gasteiger partial charge in [0.25, 0.3) is 5.56 Å². The SMILES string of the molecule is CCC.Cc1n[nH]c(=O)c(C)c1-c1ccc(Oc2nccc3cccnc23)cc1. The van der Waals surface area contributed by atoms with Gasteiger partial charge in [0.2, 0.25) is 5.88 Å². The van der Waals surface area contributed by atoms with Crippen LogP contribution in [0.3, 0.4) is 0 Å². The molecule has 4 aromatic rings. The summed E-state index contributed by atoms with van der Waals surface area (Å²) in [5.74, 6) is 1.11. The Balaban J connectivity index is 0.000000755. The Labute approximate surface area is 169 Å². The van der Waals surface area contributed by atoms with Crippen molar-refractivity contribution in [3.63, 3.8) is 0 Å². The maximum atomic E-state index is 11.8. The van der Waals surface area contributed by atoms with Gasteiger partial charge in [0.15, 0.2) is 0 Å². The second-order valence-corrected chi connectivity index (χ2v) is 6.66. The molecule has 0 unspecified atom stereocenters. The van der Waals surface area contributed by atoms with Crippen LogP contribution in [0, 0.1) is 13.8 Å². The number of aromatic amines is 1. The number of aryl methyl sites for hydroxylation is 1. The predicted octanol–water partition coefficient (Wildman–Crippen LogP) is 5.21. The van der Waals surface area contributed by atoms with Gasteiger partial charge in [0, 0.05) is 28.9 Å². The van der Waals surface area contributed by atoms with Crippen molar-refractivity contribution in [3.05, 3.63) is 76.5 Å². The molecule has 29 heavy (non-hydrogen) atoms. The van der Waals surface area contributed by atoms with Crippen LogP contribution in [-0.4, -0.2) is 20.2 Å². The first-order valence-corrected chi connectivity index (χ1v) is 9.59. The number of benzene rings is 1. The molecule has 0 aliphatic carbocycles. The molecular weight excluding hydrogens is 364 g/mol. The van der Waals surface area contributed by atoms with Gasteiger partial charge >= 0.3 is 0 Å². The van der Waals surface area contributed by atoms with E-state index in [0.29, 0.717) is 22.7 Å². The summed E-state index contributed by atoms with van der Waals surface area (Å²) in [6.07, 6.45) is 4.66. The number of hydrogen-bond acceptors (Lipinski definition) is 5. The highest BCUT2D eigenvalue weighted by atomic mass is 16.5. The van der Waals surface area contributed by atoms with Crippen LogP contribution < -0.4 is 10.3 Å². The summed E-state index contributed by atoms with van der Waals surface area (Å²) in [6.45, 7) is 7.91. The van der Waals surface area contributed by atoms with E-state index < -0.39 is 0 Å². The van der Waals surface area contributed by atoms with Gasteiger partial charge in [-0.2, -0.15) is 5.10 Å². The van der Waals surface area contributed by atoms with Crippen LogP contribution >= 0.6 is 0 Å². The number of rotatable bonds is 3. The summed E-state index contributed by atoms with van der Waals surface area (Å²) < 4.78 is 5.91. The Morgan fingerprint density at radius 1 is 0.966 bits per heavy atom. The van der Waals surface area contributed by atoms with Crippen LogP contribution in [0.2, 0.25) is 0 Å². The van der Waals surface area contributed by atoms with E-state index in [1.165, 1.54) is 6.42 Å². The summed E-state index contributed by atoms with van der Waals surface area (Å²) in [5.41, 5.74) is 3.70. The van der Waals surface area contributed by atoms with Crippen LogP contribution in [0.5, 0.6) is 11.6 Å². The van der Waals surface area contributed by atoms with Gasteiger partial charge in [0.05, 0.1) is 5.69 Å². The topological polar surface area (TPSA) is 80.8 Å². The molecule has 0 radical (unpaired) electrons. The first-order chi connectivity index (χ1) is 14.0. The maximum Gasteiger partial charge on any atom is 0.267 e. The molecule has 3 heterocycles. The summed E-state index contributed by atoms with van der Waals surface area (Å²) >= 11 is 0. The van der Waals surface area contributed by atoms with Gasteiger partial charge in [-0.1, -0.05) is 38.5 Å². The van der Waals surface area contributed by atoms with E-state index in [0.717, 1.165) is 22.2 Å². The maximum absolute atomic E-state index is 11.8. The summed E-state index contributed by atoms with van der Waals surface area (Å²) in [4.78, 5) is 20.5. The Kier molecular flexibility index (Phi) is 6.34. The van der Waals surface area contributed by atoms with Crippen molar-refractivity contribution in [1.29, 1.82) is 0 Å². The summed E-state index contributed by atoms with van der Waals surface area (Å²) in [6, 6.07) is 13.2. The van der Waals surface area contributed by atoms with Gasteiger partial charge in [0.1, 0.15) is 11.3 Å².